The van der Waals surface area contributed by atoms with Crippen LogP contribution >= 0.6 is 0 Å². The molecular weight excluding hydrogens is 424 g/mol. The third kappa shape index (κ3) is 7.38. The Balaban J connectivity index is 1.97. The van der Waals surface area contributed by atoms with Crippen molar-refractivity contribution in [1.82, 2.24) is 10.2 Å². The van der Waals surface area contributed by atoms with Crippen molar-refractivity contribution in [1.29, 1.82) is 0 Å². The van der Waals surface area contributed by atoms with Gasteiger partial charge in [-0.3, -0.25) is 9.59 Å². The SMILES string of the molecule is CC1CCCC(N(C)C[C@H]2O[C@@H](CC(=O)N[C@@H](CCC(=O)O)C(=O)O)[C@@H](O)[C@@H](O)[C@@H]2O)C1. The highest BCUT2D eigenvalue weighted by molar-refractivity contribution is 5.84. The largest absolute Gasteiger partial charge is 0.481 e. The zero-order valence-electron chi connectivity index (χ0n) is 18.6. The number of nitrogens with zero attached hydrogens (tertiary/aromatic N) is 1. The molecule has 0 radical (unpaired) electrons. The van der Waals surface area contributed by atoms with Crippen LogP contribution in [-0.4, -0.2) is 104 Å². The molecular formula is C21H36N2O9. The van der Waals surface area contributed by atoms with Gasteiger partial charge in [0.15, 0.2) is 0 Å². The van der Waals surface area contributed by atoms with Crippen LogP contribution in [0.4, 0.5) is 0 Å². The van der Waals surface area contributed by atoms with E-state index in [1.54, 1.807) is 0 Å². The summed E-state index contributed by atoms with van der Waals surface area (Å²) in [5.41, 5.74) is 0. The maximum absolute atomic E-state index is 12.3. The van der Waals surface area contributed by atoms with E-state index in [4.69, 9.17) is 9.84 Å². The molecule has 2 aliphatic rings. The van der Waals surface area contributed by atoms with E-state index >= 15 is 0 Å². The summed E-state index contributed by atoms with van der Waals surface area (Å²) in [5.74, 6) is -2.72. The zero-order valence-corrected chi connectivity index (χ0v) is 18.6. The molecule has 1 saturated heterocycles. The molecule has 11 nitrogen and oxygen atoms in total. The molecule has 2 fully saturated rings. The topological polar surface area (TPSA) is 177 Å². The Hall–Kier alpha value is -1.79. The summed E-state index contributed by atoms with van der Waals surface area (Å²) >= 11 is 0. The molecule has 0 spiro atoms. The molecule has 1 heterocycles. The standard InChI is InChI=1S/C21H36N2O9/c1-11-4-3-5-12(8-11)23(2)10-15-19(28)20(29)18(27)14(32-15)9-16(24)22-13(21(30)31)6-7-17(25)26/h11-15,18-20,27-29H,3-10H2,1-2H3,(H,22,24)(H,25,26)(H,30,31)/t11?,12?,13-,14-,15+,18+,19+,20+/m0/s1. The van der Waals surface area contributed by atoms with Crippen LogP contribution in [0.2, 0.25) is 0 Å². The molecule has 1 amide bonds. The highest BCUT2D eigenvalue weighted by Crippen LogP contribution is 2.29. The molecule has 32 heavy (non-hydrogen) atoms. The fraction of sp³-hybridized carbons (Fsp3) is 0.857. The normalized spacial score (nSPS) is 34.1. The second-order valence-corrected chi connectivity index (χ2v) is 9.14. The van der Waals surface area contributed by atoms with E-state index < -0.39 is 67.2 Å². The minimum atomic E-state index is -1.53. The number of carboxylic acid groups (broad SMARTS) is 2. The third-order valence-electron chi connectivity index (χ3n) is 6.48. The number of nitrogens with one attached hydrogen (secondary N) is 1. The highest BCUT2D eigenvalue weighted by Gasteiger charge is 2.45. The molecule has 0 bridgehead atoms. The van der Waals surface area contributed by atoms with E-state index in [2.05, 4.69) is 17.1 Å². The van der Waals surface area contributed by atoms with Crippen molar-refractivity contribution < 1.29 is 44.7 Å². The zero-order chi connectivity index (χ0) is 24.0. The van der Waals surface area contributed by atoms with Gasteiger partial charge in [-0.05, 0) is 32.2 Å². The molecule has 0 aromatic heterocycles. The lowest BCUT2D eigenvalue weighted by Gasteiger charge is -2.43. The molecule has 11 heteroatoms. The molecule has 6 N–H and O–H groups in total. The fourth-order valence-corrected chi connectivity index (χ4v) is 4.54. The number of ether oxygens (including phenoxy) is 1. The summed E-state index contributed by atoms with van der Waals surface area (Å²) in [6, 6.07) is -1.09. The van der Waals surface area contributed by atoms with Gasteiger partial charge >= 0.3 is 11.9 Å². The van der Waals surface area contributed by atoms with E-state index in [0.717, 1.165) is 19.3 Å². The summed E-state index contributed by atoms with van der Waals surface area (Å²) in [4.78, 5) is 36.4. The van der Waals surface area contributed by atoms with Crippen molar-refractivity contribution in [2.45, 2.75) is 94.5 Å². The molecule has 184 valence electrons. The number of rotatable bonds is 10. The lowest BCUT2D eigenvalue weighted by Crippen LogP contribution is -2.61. The van der Waals surface area contributed by atoms with Crippen LogP contribution in [0.15, 0.2) is 0 Å². The fourth-order valence-electron chi connectivity index (χ4n) is 4.54. The highest BCUT2D eigenvalue weighted by atomic mass is 16.5. The summed E-state index contributed by atoms with van der Waals surface area (Å²) in [5, 5.41) is 51.1. The number of hydrogen-bond donors (Lipinski definition) is 6. The van der Waals surface area contributed by atoms with E-state index in [9.17, 15) is 34.8 Å². The molecule has 1 aliphatic heterocycles. The van der Waals surface area contributed by atoms with Gasteiger partial charge in [0.2, 0.25) is 5.91 Å². The number of aliphatic hydroxyl groups is 3. The first-order valence-electron chi connectivity index (χ1n) is 11.1. The van der Waals surface area contributed by atoms with Crippen molar-refractivity contribution >= 4 is 17.8 Å². The van der Waals surface area contributed by atoms with E-state index in [0.29, 0.717) is 18.5 Å². The summed E-state index contributed by atoms with van der Waals surface area (Å²) in [7, 11) is 1.91. The van der Waals surface area contributed by atoms with Crippen LogP contribution < -0.4 is 5.32 Å². The Kier molecular flexibility index (Phi) is 9.83. The van der Waals surface area contributed by atoms with Crippen LogP contribution in [0.5, 0.6) is 0 Å². The Morgan fingerprint density at radius 3 is 2.31 bits per heavy atom. The predicted molar refractivity (Wildman–Crippen MR) is 112 cm³/mol. The van der Waals surface area contributed by atoms with E-state index in [-0.39, 0.29) is 6.42 Å². The maximum atomic E-state index is 12.3. The first-order chi connectivity index (χ1) is 15.0. The third-order valence-corrected chi connectivity index (χ3v) is 6.48. The minimum absolute atomic E-state index is 0.293. The lowest BCUT2D eigenvalue weighted by atomic mass is 9.86. The van der Waals surface area contributed by atoms with Crippen LogP contribution in [0.1, 0.15) is 51.9 Å². The first kappa shape index (κ1) is 26.5. The van der Waals surface area contributed by atoms with Crippen molar-refractivity contribution in [2.24, 2.45) is 5.92 Å². The summed E-state index contributed by atoms with van der Waals surface area (Å²) < 4.78 is 5.78. The Morgan fingerprint density at radius 1 is 1.06 bits per heavy atom. The quantitative estimate of drug-likeness (QED) is 0.241. The van der Waals surface area contributed by atoms with E-state index in [1.807, 2.05) is 7.05 Å². The van der Waals surface area contributed by atoms with Crippen molar-refractivity contribution in [3.8, 4) is 0 Å². The van der Waals surface area contributed by atoms with Gasteiger partial charge in [0, 0.05) is 19.0 Å². The van der Waals surface area contributed by atoms with Crippen LogP contribution in [0.25, 0.3) is 0 Å². The van der Waals surface area contributed by atoms with Crippen LogP contribution in [0.3, 0.4) is 0 Å². The second kappa shape index (κ2) is 11.9. The molecule has 8 atom stereocenters. The number of carboxylic acids is 2. The average molecular weight is 461 g/mol. The van der Waals surface area contributed by atoms with Gasteiger partial charge in [0.1, 0.15) is 24.4 Å². The van der Waals surface area contributed by atoms with Gasteiger partial charge in [-0.2, -0.15) is 0 Å². The number of amides is 1. The van der Waals surface area contributed by atoms with Gasteiger partial charge in [-0.1, -0.05) is 19.8 Å². The van der Waals surface area contributed by atoms with Crippen LogP contribution in [-0.2, 0) is 19.1 Å². The number of carbonyl (C=O) groups is 3. The average Bonchev–Trinajstić information content (AvgIpc) is 2.72. The van der Waals surface area contributed by atoms with Gasteiger partial charge in [0.05, 0.1) is 18.6 Å². The molecule has 2 rings (SSSR count). The molecule has 1 aliphatic carbocycles. The predicted octanol–water partition coefficient (Wildman–Crippen LogP) is -0.829. The Morgan fingerprint density at radius 2 is 1.72 bits per heavy atom. The number of hydrogen-bond acceptors (Lipinski definition) is 8. The number of carbonyl (C=O) groups excluding carboxylic acids is 1. The molecule has 0 aromatic rings. The van der Waals surface area contributed by atoms with Crippen molar-refractivity contribution in [3.63, 3.8) is 0 Å². The number of aliphatic hydroxyl groups excluding tert-OH is 3. The molecule has 2 unspecified atom stereocenters. The summed E-state index contributed by atoms with van der Waals surface area (Å²) in [6.07, 6.45) is -3.21. The molecule has 0 aromatic carbocycles. The number of aliphatic carboxylic acids is 2. The number of likely N-dealkylation sites (N-methyl/N-ethyl adjacent to an activating group) is 1. The Labute approximate surface area is 187 Å². The second-order valence-electron chi connectivity index (χ2n) is 9.14. The van der Waals surface area contributed by atoms with Gasteiger partial charge < -0.3 is 40.5 Å². The van der Waals surface area contributed by atoms with Crippen LogP contribution in [0, 0.1) is 5.92 Å². The lowest BCUT2D eigenvalue weighted by molar-refractivity contribution is -0.226. The van der Waals surface area contributed by atoms with Crippen molar-refractivity contribution in [2.75, 3.05) is 13.6 Å². The monoisotopic (exact) mass is 460 g/mol. The van der Waals surface area contributed by atoms with Crippen molar-refractivity contribution in [3.05, 3.63) is 0 Å². The van der Waals surface area contributed by atoms with Gasteiger partial charge in [-0.15, -0.1) is 0 Å². The maximum Gasteiger partial charge on any atom is 0.326 e. The van der Waals surface area contributed by atoms with Gasteiger partial charge in [0.25, 0.3) is 0 Å². The smallest absolute Gasteiger partial charge is 0.326 e. The Bertz CT molecular complexity index is 661. The summed E-state index contributed by atoms with van der Waals surface area (Å²) in [6.45, 7) is 2.50. The van der Waals surface area contributed by atoms with Gasteiger partial charge in [-0.25, -0.2) is 4.79 Å². The van der Waals surface area contributed by atoms with E-state index in [1.165, 1.54) is 6.42 Å². The first-order valence-corrected chi connectivity index (χ1v) is 11.1. The minimum Gasteiger partial charge on any atom is -0.481 e. The molecule has 1 saturated carbocycles.